The van der Waals surface area contributed by atoms with E-state index in [1.165, 1.54) is 7.11 Å². The van der Waals surface area contributed by atoms with E-state index in [0.717, 1.165) is 25.0 Å². The number of amides is 2. The molecule has 0 bridgehead atoms. The lowest BCUT2D eigenvalue weighted by molar-refractivity contribution is -0.147. The number of nitrogens with one attached hydrogen (secondary N) is 2. The van der Waals surface area contributed by atoms with Crippen molar-refractivity contribution >= 4 is 29.7 Å². The Morgan fingerprint density at radius 1 is 1.38 bits per heavy atom. The highest BCUT2D eigenvalue weighted by atomic mass is 32.2. The molecule has 0 aliphatic heterocycles. The molecule has 1 aliphatic rings. The van der Waals surface area contributed by atoms with Crippen molar-refractivity contribution in [1.29, 1.82) is 0 Å². The second-order valence-corrected chi connectivity index (χ2v) is 6.34. The number of rotatable bonds is 7. The molecule has 0 spiro atoms. The van der Waals surface area contributed by atoms with Crippen molar-refractivity contribution in [3.63, 3.8) is 0 Å². The average molecular weight is 318 g/mol. The first kappa shape index (κ1) is 17.6. The number of hydrogen-bond acceptors (Lipinski definition) is 5. The molecule has 1 rings (SSSR count). The van der Waals surface area contributed by atoms with Gasteiger partial charge in [-0.1, -0.05) is 13.3 Å². The number of carboxylic acid groups (broad SMARTS) is 1. The lowest BCUT2D eigenvalue weighted by Crippen LogP contribution is -2.51. The SMILES string of the molecule is CCSC1CCCC1NC(=O)N[C@@H](CC(=O)OC)C(=O)O. The number of aliphatic carboxylic acids is 1. The topological polar surface area (TPSA) is 105 Å². The predicted molar refractivity (Wildman–Crippen MR) is 79.3 cm³/mol. The third kappa shape index (κ3) is 5.82. The van der Waals surface area contributed by atoms with Crippen LogP contribution in [0.1, 0.15) is 32.6 Å². The van der Waals surface area contributed by atoms with Crippen LogP contribution in [0.3, 0.4) is 0 Å². The Labute approximate surface area is 128 Å². The van der Waals surface area contributed by atoms with Crippen LogP contribution in [0.4, 0.5) is 4.79 Å². The Bertz CT molecular complexity index is 391. The van der Waals surface area contributed by atoms with Gasteiger partial charge in [0, 0.05) is 11.3 Å². The minimum atomic E-state index is -1.28. The minimum Gasteiger partial charge on any atom is -0.480 e. The van der Waals surface area contributed by atoms with Gasteiger partial charge in [0.1, 0.15) is 6.04 Å². The summed E-state index contributed by atoms with van der Waals surface area (Å²) in [6.45, 7) is 2.07. The fourth-order valence-corrected chi connectivity index (χ4v) is 3.52. The van der Waals surface area contributed by atoms with Gasteiger partial charge in [-0.2, -0.15) is 11.8 Å². The van der Waals surface area contributed by atoms with Gasteiger partial charge in [-0.3, -0.25) is 4.79 Å². The minimum absolute atomic E-state index is 0.0440. The number of carboxylic acids is 1. The Kier molecular flexibility index (Phi) is 7.35. The molecule has 0 aromatic carbocycles. The fourth-order valence-electron chi connectivity index (χ4n) is 2.32. The first-order chi connectivity index (χ1) is 9.97. The smallest absolute Gasteiger partial charge is 0.326 e. The van der Waals surface area contributed by atoms with E-state index in [2.05, 4.69) is 22.3 Å². The van der Waals surface area contributed by atoms with Gasteiger partial charge in [-0.15, -0.1) is 0 Å². The fraction of sp³-hybridized carbons (Fsp3) is 0.769. The van der Waals surface area contributed by atoms with Crippen molar-refractivity contribution in [2.24, 2.45) is 0 Å². The number of ether oxygens (including phenoxy) is 1. The zero-order valence-electron chi connectivity index (χ0n) is 12.3. The van der Waals surface area contributed by atoms with Crippen LogP contribution in [0, 0.1) is 0 Å². The number of esters is 1. The van der Waals surface area contributed by atoms with Gasteiger partial charge >= 0.3 is 18.0 Å². The maximum absolute atomic E-state index is 11.9. The van der Waals surface area contributed by atoms with Crippen LogP contribution >= 0.6 is 11.8 Å². The van der Waals surface area contributed by atoms with Gasteiger partial charge in [0.05, 0.1) is 13.5 Å². The van der Waals surface area contributed by atoms with Crippen molar-refractivity contribution in [2.75, 3.05) is 12.9 Å². The number of urea groups is 1. The summed E-state index contributed by atoms with van der Waals surface area (Å²) >= 11 is 1.80. The summed E-state index contributed by atoms with van der Waals surface area (Å²) in [5.41, 5.74) is 0. The third-order valence-electron chi connectivity index (χ3n) is 3.35. The van der Waals surface area contributed by atoms with Crippen molar-refractivity contribution in [3.8, 4) is 0 Å². The van der Waals surface area contributed by atoms with Gasteiger partial charge in [-0.05, 0) is 18.6 Å². The van der Waals surface area contributed by atoms with Crippen LogP contribution in [0.25, 0.3) is 0 Å². The third-order valence-corrected chi connectivity index (χ3v) is 4.68. The number of methoxy groups -OCH3 is 1. The molecule has 3 N–H and O–H groups in total. The maximum Gasteiger partial charge on any atom is 0.326 e. The van der Waals surface area contributed by atoms with Crippen LogP contribution in [0.2, 0.25) is 0 Å². The molecule has 0 heterocycles. The molecule has 1 fully saturated rings. The zero-order chi connectivity index (χ0) is 15.8. The molecule has 1 aliphatic carbocycles. The van der Waals surface area contributed by atoms with Crippen molar-refractivity contribution in [3.05, 3.63) is 0 Å². The molecule has 0 aromatic heterocycles. The van der Waals surface area contributed by atoms with Crippen LogP contribution in [0.5, 0.6) is 0 Å². The molecule has 21 heavy (non-hydrogen) atoms. The molecule has 120 valence electrons. The maximum atomic E-state index is 11.9. The zero-order valence-corrected chi connectivity index (χ0v) is 13.1. The quantitative estimate of drug-likeness (QED) is 0.604. The monoisotopic (exact) mass is 318 g/mol. The summed E-state index contributed by atoms with van der Waals surface area (Å²) in [7, 11) is 1.17. The lowest BCUT2D eigenvalue weighted by Gasteiger charge is -2.21. The molecule has 0 radical (unpaired) electrons. The standard InChI is InChI=1S/C13H22N2O5S/c1-3-21-10-6-4-5-8(10)14-13(19)15-9(12(17)18)7-11(16)20-2/h8-10H,3-7H2,1-2H3,(H,17,18)(H2,14,15,19)/t8?,9-,10?/m0/s1. The number of carbonyl (C=O) groups excluding carboxylic acids is 2. The highest BCUT2D eigenvalue weighted by Crippen LogP contribution is 2.29. The number of thioether (sulfide) groups is 1. The summed E-state index contributed by atoms with van der Waals surface area (Å²) in [5.74, 6) is -0.964. The Balaban J connectivity index is 2.49. The normalized spacial score (nSPS) is 22.4. The first-order valence-electron chi connectivity index (χ1n) is 6.96. The molecular weight excluding hydrogens is 296 g/mol. The highest BCUT2D eigenvalue weighted by molar-refractivity contribution is 7.99. The van der Waals surface area contributed by atoms with E-state index in [-0.39, 0.29) is 6.04 Å². The first-order valence-corrected chi connectivity index (χ1v) is 8.01. The Morgan fingerprint density at radius 3 is 2.67 bits per heavy atom. The van der Waals surface area contributed by atoms with E-state index in [0.29, 0.717) is 5.25 Å². The largest absolute Gasteiger partial charge is 0.480 e. The van der Waals surface area contributed by atoms with Crippen LogP contribution in [-0.2, 0) is 14.3 Å². The van der Waals surface area contributed by atoms with Gasteiger partial charge in [-0.25, -0.2) is 9.59 Å². The summed E-state index contributed by atoms with van der Waals surface area (Å²) in [5, 5.41) is 14.5. The molecular formula is C13H22N2O5S. The average Bonchev–Trinajstić information content (AvgIpc) is 2.85. The van der Waals surface area contributed by atoms with Crippen molar-refractivity contribution in [1.82, 2.24) is 10.6 Å². The summed E-state index contributed by atoms with van der Waals surface area (Å²) in [6, 6.07) is -1.79. The number of hydrogen-bond donors (Lipinski definition) is 3. The lowest BCUT2D eigenvalue weighted by atomic mass is 10.2. The van der Waals surface area contributed by atoms with E-state index < -0.39 is 30.4 Å². The molecule has 1 saturated carbocycles. The molecule has 0 aromatic rings. The summed E-state index contributed by atoms with van der Waals surface area (Å²) in [4.78, 5) is 34.1. The van der Waals surface area contributed by atoms with E-state index in [9.17, 15) is 14.4 Å². The van der Waals surface area contributed by atoms with Crippen molar-refractivity contribution < 1.29 is 24.2 Å². The van der Waals surface area contributed by atoms with Crippen LogP contribution in [-0.4, -0.2) is 53.3 Å². The van der Waals surface area contributed by atoms with Crippen molar-refractivity contribution in [2.45, 2.75) is 49.9 Å². The Morgan fingerprint density at radius 2 is 2.10 bits per heavy atom. The molecule has 2 unspecified atom stereocenters. The van der Waals surface area contributed by atoms with Gasteiger partial charge in [0.15, 0.2) is 0 Å². The highest BCUT2D eigenvalue weighted by Gasteiger charge is 2.30. The summed E-state index contributed by atoms with van der Waals surface area (Å²) < 4.78 is 4.42. The predicted octanol–water partition coefficient (Wildman–Crippen LogP) is 0.976. The molecule has 7 nitrogen and oxygen atoms in total. The summed E-state index contributed by atoms with van der Waals surface area (Å²) in [6.07, 6.45) is 2.60. The molecule has 0 saturated heterocycles. The molecule has 3 atom stereocenters. The number of carbonyl (C=O) groups is 3. The molecule has 8 heteroatoms. The second kappa shape index (κ2) is 8.76. The van der Waals surface area contributed by atoms with Crippen LogP contribution in [0.15, 0.2) is 0 Å². The molecule has 2 amide bonds. The Hall–Kier alpha value is -1.44. The second-order valence-electron chi connectivity index (χ2n) is 4.82. The van der Waals surface area contributed by atoms with Gasteiger partial charge in [0.2, 0.25) is 0 Å². The van der Waals surface area contributed by atoms with Gasteiger partial charge < -0.3 is 20.5 Å². The van der Waals surface area contributed by atoms with E-state index in [1.807, 2.05) is 0 Å². The van der Waals surface area contributed by atoms with E-state index in [1.54, 1.807) is 11.8 Å². The van der Waals surface area contributed by atoms with E-state index in [4.69, 9.17) is 5.11 Å². The van der Waals surface area contributed by atoms with E-state index >= 15 is 0 Å². The van der Waals surface area contributed by atoms with Gasteiger partial charge in [0.25, 0.3) is 0 Å². The van der Waals surface area contributed by atoms with Crippen LogP contribution < -0.4 is 10.6 Å².